The highest BCUT2D eigenvalue weighted by atomic mass is 35.5. The van der Waals surface area contributed by atoms with Crippen molar-refractivity contribution in [2.24, 2.45) is 0 Å². The summed E-state index contributed by atoms with van der Waals surface area (Å²) >= 11 is 12.5. The lowest BCUT2D eigenvalue weighted by Gasteiger charge is -2.39. The molecule has 2 N–H and O–H groups in total. The molecule has 0 atom stereocenters. The second kappa shape index (κ2) is 10.8. The maximum absolute atomic E-state index is 14.4. The zero-order valence-corrected chi connectivity index (χ0v) is 20.8. The van der Waals surface area contributed by atoms with Crippen molar-refractivity contribution in [1.29, 1.82) is 0 Å². The van der Waals surface area contributed by atoms with Crippen molar-refractivity contribution >= 4 is 46.4 Å². The summed E-state index contributed by atoms with van der Waals surface area (Å²) in [4.78, 5) is 28.6. The molecule has 6 nitrogen and oxygen atoms in total. The minimum Gasteiger partial charge on any atom is -0.395 e. The number of alkyl halides is 1. The summed E-state index contributed by atoms with van der Waals surface area (Å²) in [5.74, 6) is -1.76. The number of hydrogen-bond donors (Lipinski definition) is 2. The summed E-state index contributed by atoms with van der Waals surface area (Å²) in [5, 5.41) is 11.9. The number of nitrogens with zero attached hydrogens (tertiary/aromatic N) is 2. The van der Waals surface area contributed by atoms with E-state index in [0.717, 1.165) is 6.07 Å². The van der Waals surface area contributed by atoms with E-state index in [2.05, 4.69) is 5.32 Å². The normalized spacial score (nSPS) is 13.3. The van der Waals surface area contributed by atoms with Crippen LogP contribution in [0, 0.1) is 5.82 Å². The topological polar surface area (TPSA) is 72.9 Å². The van der Waals surface area contributed by atoms with Gasteiger partial charge in [-0.3, -0.25) is 9.59 Å². The molecule has 3 aromatic rings. The van der Waals surface area contributed by atoms with Gasteiger partial charge in [-0.15, -0.1) is 0 Å². The number of aliphatic hydroxyl groups excluding tert-OH is 1. The number of carbonyl (C=O) groups is 2. The van der Waals surface area contributed by atoms with Gasteiger partial charge >= 0.3 is 0 Å². The van der Waals surface area contributed by atoms with Crippen LogP contribution >= 0.6 is 23.2 Å². The molecule has 2 amide bonds. The summed E-state index contributed by atoms with van der Waals surface area (Å²) < 4.78 is 28.2. The summed E-state index contributed by atoms with van der Waals surface area (Å²) in [5.41, 5.74) is 2.28. The van der Waals surface area contributed by atoms with Crippen LogP contribution in [0.1, 0.15) is 20.7 Å². The quantitative estimate of drug-likeness (QED) is 0.450. The van der Waals surface area contributed by atoms with Crippen molar-refractivity contribution in [3.05, 3.63) is 81.6 Å². The SMILES string of the molecule is CN(C(=O)c1c(F)cccc1Cl)c1ccc(-c2cc(C(=O)NCCO)ccc2Cl)cc1N1CC(F)C1. The highest BCUT2D eigenvalue weighted by Gasteiger charge is 2.31. The first-order chi connectivity index (χ1) is 17.2. The molecule has 1 saturated heterocycles. The lowest BCUT2D eigenvalue weighted by Crippen LogP contribution is -2.49. The monoisotopic (exact) mass is 533 g/mol. The van der Waals surface area contributed by atoms with E-state index in [1.807, 2.05) is 0 Å². The number of carbonyl (C=O) groups excluding carboxylic acids is 2. The van der Waals surface area contributed by atoms with Crippen molar-refractivity contribution in [2.75, 3.05) is 43.1 Å². The van der Waals surface area contributed by atoms with Crippen molar-refractivity contribution in [1.82, 2.24) is 5.32 Å². The molecule has 188 valence electrons. The van der Waals surface area contributed by atoms with Gasteiger partial charge in [0.15, 0.2) is 0 Å². The Morgan fingerprint density at radius 2 is 1.86 bits per heavy atom. The Morgan fingerprint density at radius 1 is 1.11 bits per heavy atom. The van der Waals surface area contributed by atoms with Crippen LogP contribution < -0.4 is 15.1 Å². The zero-order valence-electron chi connectivity index (χ0n) is 19.3. The Balaban J connectivity index is 1.74. The number of halogens is 4. The summed E-state index contributed by atoms with van der Waals surface area (Å²) in [6.45, 7) is 0.195. The van der Waals surface area contributed by atoms with E-state index in [1.54, 1.807) is 41.3 Å². The summed E-state index contributed by atoms with van der Waals surface area (Å²) in [7, 11) is 1.50. The number of benzene rings is 3. The van der Waals surface area contributed by atoms with Gasteiger partial charge in [0.1, 0.15) is 12.0 Å². The van der Waals surface area contributed by atoms with Crippen LogP contribution in [0.5, 0.6) is 0 Å². The van der Waals surface area contributed by atoms with Crippen molar-refractivity contribution < 1.29 is 23.5 Å². The van der Waals surface area contributed by atoms with Crippen LogP contribution in [0.15, 0.2) is 54.6 Å². The van der Waals surface area contributed by atoms with E-state index >= 15 is 0 Å². The Morgan fingerprint density at radius 3 is 2.53 bits per heavy atom. The molecule has 36 heavy (non-hydrogen) atoms. The Labute approximate surface area is 217 Å². The van der Waals surface area contributed by atoms with E-state index in [0.29, 0.717) is 33.1 Å². The second-order valence-corrected chi connectivity index (χ2v) is 9.16. The van der Waals surface area contributed by atoms with E-state index in [4.69, 9.17) is 28.3 Å². The molecule has 0 aliphatic carbocycles. The molecule has 1 aliphatic heterocycles. The van der Waals surface area contributed by atoms with E-state index in [1.165, 1.54) is 24.1 Å². The Hall–Kier alpha value is -3.20. The minimum absolute atomic E-state index is 0.0131. The third-order valence-electron chi connectivity index (χ3n) is 5.93. The third kappa shape index (κ3) is 5.16. The standard InChI is InChI=1S/C26H23Cl2F2N3O3/c1-32(26(36)24-20(28)3-2-4-21(24)30)22-8-6-15(12-23(22)33-13-17(29)14-33)18-11-16(5-7-19(18)27)25(35)31-9-10-34/h2-8,11-12,17,34H,9-10,13-14H2,1H3,(H,31,35). The van der Waals surface area contributed by atoms with Gasteiger partial charge in [-0.1, -0.05) is 35.3 Å². The van der Waals surface area contributed by atoms with Crippen LogP contribution in [0.3, 0.4) is 0 Å². The zero-order chi connectivity index (χ0) is 26.0. The molecular formula is C26H23Cl2F2N3O3. The van der Waals surface area contributed by atoms with Crippen molar-refractivity contribution in [3.63, 3.8) is 0 Å². The summed E-state index contributed by atoms with van der Waals surface area (Å²) in [6, 6.07) is 13.9. The lowest BCUT2D eigenvalue weighted by atomic mass is 9.99. The molecule has 0 aromatic heterocycles. The molecule has 3 aromatic carbocycles. The fourth-order valence-corrected chi connectivity index (χ4v) is 4.46. The highest BCUT2D eigenvalue weighted by molar-refractivity contribution is 6.35. The van der Waals surface area contributed by atoms with Gasteiger partial charge in [0.25, 0.3) is 11.8 Å². The van der Waals surface area contributed by atoms with Crippen molar-refractivity contribution in [3.8, 4) is 11.1 Å². The molecule has 0 radical (unpaired) electrons. The van der Waals surface area contributed by atoms with E-state index in [9.17, 15) is 18.4 Å². The maximum atomic E-state index is 14.4. The summed E-state index contributed by atoms with van der Waals surface area (Å²) in [6.07, 6.45) is -1.01. The van der Waals surface area contributed by atoms with Gasteiger partial charge in [0, 0.05) is 29.7 Å². The molecule has 0 saturated carbocycles. The molecule has 0 bridgehead atoms. The minimum atomic E-state index is -1.01. The first kappa shape index (κ1) is 25.9. The second-order valence-electron chi connectivity index (χ2n) is 8.34. The number of anilines is 2. The van der Waals surface area contributed by atoms with Crippen LogP contribution in [-0.4, -0.2) is 56.4 Å². The smallest absolute Gasteiger partial charge is 0.262 e. The molecule has 4 rings (SSSR count). The third-order valence-corrected chi connectivity index (χ3v) is 6.58. The predicted octanol–water partition coefficient (Wildman–Crippen LogP) is 4.96. The van der Waals surface area contributed by atoms with E-state index < -0.39 is 17.9 Å². The maximum Gasteiger partial charge on any atom is 0.262 e. The largest absolute Gasteiger partial charge is 0.395 e. The number of aliphatic hydroxyl groups is 1. The number of nitrogens with one attached hydrogen (secondary N) is 1. The molecule has 1 aliphatic rings. The van der Waals surface area contributed by atoms with Crippen LogP contribution in [0.2, 0.25) is 10.0 Å². The number of rotatable bonds is 7. The average molecular weight is 534 g/mol. The Bertz CT molecular complexity index is 1300. The van der Waals surface area contributed by atoms with Crippen LogP contribution in [0.4, 0.5) is 20.2 Å². The number of hydrogen-bond acceptors (Lipinski definition) is 4. The van der Waals surface area contributed by atoms with Gasteiger partial charge in [0.2, 0.25) is 0 Å². The molecule has 0 unspecified atom stereocenters. The Kier molecular flexibility index (Phi) is 7.78. The van der Waals surface area contributed by atoms with Crippen molar-refractivity contribution in [2.45, 2.75) is 6.17 Å². The average Bonchev–Trinajstić information content (AvgIpc) is 2.84. The highest BCUT2D eigenvalue weighted by Crippen LogP contribution is 2.39. The lowest BCUT2D eigenvalue weighted by molar-refractivity contribution is 0.0943. The molecule has 1 heterocycles. The van der Waals surface area contributed by atoms with Crippen LogP contribution in [-0.2, 0) is 0 Å². The molecular weight excluding hydrogens is 511 g/mol. The van der Waals surface area contributed by atoms with Gasteiger partial charge in [-0.25, -0.2) is 8.78 Å². The molecule has 1 fully saturated rings. The van der Waals surface area contributed by atoms with E-state index in [-0.39, 0.29) is 42.7 Å². The van der Waals surface area contributed by atoms with Gasteiger partial charge in [-0.2, -0.15) is 0 Å². The van der Waals surface area contributed by atoms with Gasteiger partial charge in [-0.05, 0) is 48.0 Å². The fourth-order valence-electron chi connectivity index (χ4n) is 3.99. The first-order valence-electron chi connectivity index (χ1n) is 11.2. The fraction of sp³-hybridized carbons (Fsp3) is 0.231. The van der Waals surface area contributed by atoms with Gasteiger partial charge < -0.3 is 20.2 Å². The first-order valence-corrected chi connectivity index (χ1v) is 11.9. The van der Waals surface area contributed by atoms with Gasteiger partial charge in [0.05, 0.1) is 41.7 Å². The predicted molar refractivity (Wildman–Crippen MR) is 138 cm³/mol. The molecule has 0 spiro atoms. The van der Waals surface area contributed by atoms with Crippen LogP contribution in [0.25, 0.3) is 11.1 Å². The molecule has 10 heteroatoms. The number of amides is 2.